The van der Waals surface area contributed by atoms with Gasteiger partial charge < -0.3 is 10.4 Å². The molecule has 0 aromatic heterocycles. The van der Waals surface area contributed by atoms with Crippen LogP contribution in [0.5, 0.6) is 5.75 Å². The van der Waals surface area contributed by atoms with Gasteiger partial charge in [0.1, 0.15) is 5.75 Å². The van der Waals surface area contributed by atoms with Crippen LogP contribution >= 0.6 is 34.2 Å². The van der Waals surface area contributed by atoms with Crippen LogP contribution in [0.4, 0.5) is 5.69 Å². The number of nitrogens with zero attached hydrogens (tertiary/aromatic N) is 2. The molecule has 1 aliphatic heterocycles. The quantitative estimate of drug-likeness (QED) is 0.439. The van der Waals surface area contributed by atoms with Gasteiger partial charge in [-0.05, 0) is 40.8 Å². The number of amides is 1. The Balaban J connectivity index is 1.93. The maximum absolute atomic E-state index is 11.9. The van der Waals surface area contributed by atoms with E-state index in [0.717, 1.165) is 0 Å². The number of anilines is 1. The van der Waals surface area contributed by atoms with E-state index < -0.39 is 0 Å². The van der Waals surface area contributed by atoms with Crippen LogP contribution < -0.4 is 5.32 Å². The summed E-state index contributed by atoms with van der Waals surface area (Å²) in [6.45, 7) is 0. The Bertz CT molecular complexity index is 834. The molecule has 1 heterocycles. The standard InChI is InChI=1S/C15H9ClIN3O2/c16-9-5-8(14(21)11(17)6-9)7-18-20-13-10-3-1-2-4-12(10)19-15(13)22/h1-7,21H,(H,19,20,22). The second-order valence-electron chi connectivity index (χ2n) is 4.52. The fourth-order valence-corrected chi connectivity index (χ4v) is 3.09. The molecule has 0 atom stereocenters. The van der Waals surface area contributed by atoms with Crippen molar-refractivity contribution < 1.29 is 9.90 Å². The lowest BCUT2D eigenvalue weighted by Gasteiger charge is -2.01. The van der Waals surface area contributed by atoms with Crippen molar-refractivity contribution in [3.8, 4) is 5.75 Å². The average molecular weight is 426 g/mol. The Morgan fingerprint density at radius 2 is 2.05 bits per heavy atom. The van der Waals surface area contributed by atoms with Crippen LogP contribution in [0.15, 0.2) is 46.6 Å². The van der Waals surface area contributed by atoms with E-state index in [1.165, 1.54) is 6.21 Å². The molecule has 1 amide bonds. The summed E-state index contributed by atoms with van der Waals surface area (Å²) in [6.07, 6.45) is 1.37. The number of carbonyl (C=O) groups is 1. The highest BCUT2D eigenvalue weighted by atomic mass is 127. The normalized spacial score (nSPS) is 15.4. The summed E-state index contributed by atoms with van der Waals surface area (Å²) >= 11 is 7.91. The molecule has 1 aliphatic rings. The number of benzene rings is 2. The molecule has 22 heavy (non-hydrogen) atoms. The molecule has 110 valence electrons. The third-order valence-electron chi connectivity index (χ3n) is 3.06. The van der Waals surface area contributed by atoms with Gasteiger partial charge in [-0.25, -0.2) is 0 Å². The van der Waals surface area contributed by atoms with Gasteiger partial charge in [-0.2, -0.15) is 5.10 Å². The number of rotatable bonds is 2. The number of fused-ring (bicyclic) bond motifs is 1. The molecule has 0 unspecified atom stereocenters. The molecule has 2 N–H and O–H groups in total. The number of hydrogen-bond acceptors (Lipinski definition) is 4. The largest absolute Gasteiger partial charge is 0.506 e. The minimum Gasteiger partial charge on any atom is -0.506 e. The van der Waals surface area contributed by atoms with E-state index in [1.807, 2.05) is 34.7 Å². The molecule has 0 aliphatic carbocycles. The van der Waals surface area contributed by atoms with Gasteiger partial charge >= 0.3 is 0 Å². The van der Waals surface area contributed by atoms with Gasteiger partial charge in [0.25, 0.3) is 5.91 Å². The highest BCUT2D eigenvalue weighted by Crippen LogP contribution is 2.27. The lowest BCUT2D eigenvalue weighted by atomic mass is 10.1. The Morgan fingerprint density at radius 1 is 1.27 bits per heavy atom. The topological polar surface area (TPSA) is 74.0 Å². The first-order valence-electron chi connectivity index (χ1n) is 6.26. The van der Waals surface area contributed by atoms with Gasteiger partial charge in [0.05, 0.1) is 15.5 Å². The Labute approximate surface area is 144 Å². The van der Waals surface area contributed by atoms with Crippen LogP contribution in [0.1, 0.15) is 11.1 Å². The van der Waals surface area contributed by atoms with Gasteiger partial charge in [-0.3, -0.25) is 4.79 Å². The van der Waals surface area contributed by atoms with Crippen LogP contribution in [0, 0.1) is 3.57 Å². The first kappa shape index (κ1) is 15.0. The molecule has 2 aromatic rings. The summed E-state index contributed by atoms with van der Waals surface area (Å²) in [5.74, 6) is -0.228. The van der Waals surface area contributed by atoms with Gasteiger partial charge in [-0.15, -0.1) is 5.10 Å². The highest BCUT2D eigenvalue weighted by Gasteiger charge is 2.25. The predicted octanol–water partition coefficient (Wildman–Crippen LogP) is 3.43. The van der Waals surface area contributed by atoms with Crippen molar-refractivity contribution >= 4 is 57.7 Å². The molecule has 0 saturated heterocycles. The summed E-state index contributed by atoms with van der Waals surface area (Å²) in [5.41, 5.74) is 2.09. The van der Waals surface area contributed by atoms with Gasteiger partial charge in [0.2, 0.25) is 0 Å². The molecule has 0 radical (unpaired) electrons. The number of carbonyl (C=O) groups excluding carboxylic acids is 1. The first-order chi connectivity index (χ1) is 10.6. The maximum Gasteiger partial charge on any atom is 0.276 e. The molecule has 0 fully saturated rings. The summed E-state index contributed by atoms with van der Waals surface area (Å²) < 4.78 is 0.614. The molecular weight excluding hydrogens is 417 g/mol. The number of aromatic hydroxyl groups is 1. The zero-order valence-corrected chi connectivity index (χ0v) is 14.0. The third-order valence-corrected chi connectivity index (χ3v) is 4.10. The summed E-state index contributed by atoms with van der Waals surface area (Å²) in [7, 11) is 0. The van der Waals surface area contributed by atoms with Crippen molar-refractivity contribution in [3.05, 3.63) is 56.1 Å². The average Bonchev–Trinajstić information content (AvgIpc) is 2.80. The van der Waals surface area contributed by atoms with Crippen molar-refractivity contribution in [2.75, 3.05) is 5.32 Å². The number of hydrogen-bond donors (Lipinski definition) is 2. The molecule has 7 heteroatoms. The van der Waals surface area contributed by atoms with Crippen LogP contribution in [0.2, 0.25) is 5.02 Å². The summed E-state index contributed by atoms with van der Waals surface area (Å²) in [6, 6.07) is 10.5. The first-order valence-corrected chi connectivity index (χ1v) is 7.71. The van der Waals surface area contributed by atoms with Crippen molar-refractivity contribution in [3.63, 3.8) is 0 Å². The van der Waals surface area contributed by atoms with E-state index in [2.05, 4.69) is 15.5 Å². The second kappa shape index (κ2) is 6.05. The predicted molar refractivity (Wildman–Crippen MR) is 95.0 cm³/mol. The number of para-hydroxylation sites is 1. The molecule has 0 bridgehead atoms. The molecule has 0 saturated carbocycles. The van der Waals surface area contributed by atoms with Crippen molar-refractivity contribution in [2.24, 2.45) is 10.2 Å². The van der Waals surface area contributed by atoms with E-state index in [9.17, 15) is 9.90 Å². The number of nitrogens with one attached hydrogen (secondary N) is 1. The second-order valence-corrected chi connectivity index (χ2v) is 6.12. The number of phenolic OH excluding ortho intramolecular Hbond substituents is 1. The molecule has 0 spiro atoms. The van der Waals surface area contributed by atoms with Crippen molar-refractivity contribution in [1.82, 2.24) is 0 Å². The van der Waals surface area contributed by atoms with Crippen molar-refractivity contribution in [1.29, 1.82) is 0 Å². The molecule has 3 rings (SSSR count). The fourth-order valence-electron chi connectivity index (χ4n) is 2.03. The van der Waals surface area contributed by atoms with Crippen LogP contribution in [0.25, 0.3) is 0 Å². The van der Waals surface area contributed by atoms with Gasteiger partial charge in [-0.1, -0.05) is 29.8 Å². The number of halogens is 2. The van der Waals surface area contributed by atoms with E-state index in [4.69, 9.17) is 11.6 Å². The SMILES string of the molecule is O=C1Nc2ccccc2/C1=N/N=Cc1cc(Cl)cc(I)c1O. The lowest BCUT2D eigenvalue weighted by molar-refractivity contribution is -0.110. The minimum atomic E-state index is -0.303. The molecule has 5 nitrogen and oxygen atoms in total. The highest BCUT2D eigenvalue weighted by molar-refractivity contribution is 14.1. The minimum absolute atomic E-state index is 0.0743. The monoisotopic (exact) mass is 425 g/mol. The van der Waals surface area contributed by atoms with Crippen molar-refractivity contribution in [2.45, 2.75) is 0 Å². The fraction of sp³-hybridized carbons (Fsp3) is 0. The smallest absolute Gasteiger partial charge is 0.276 e. The Hall–Kier alpha value is -1.93. The molecular formula is C15H9ClIN3O2. The Kier molecular flexibility index (Phi) is 4.12. The summed E-state index contributed by atoms with van der Waals surface area (Å²) in [5, 5.41) is 21.0. The third kappa shape index (κ3) is 2.84. The van der Waals surface area contributed by atoms with E-state index in [-0.39, 0.29) is 17.4 Å². The van der Waals surface area contributed by atoms with Crippen LogP contribution in [0.3, 0.4) is 0 Å². The van der Waals surface area contributed by atoms with E-state index >= 15 is 0 Å². The van der Waals surface area contributed by atoms with Crippen LogP contribution in [-0.2, 0) is 4.79 Å². The zero-order chi connectivity index (χ0) is 15.7. The Morgan fingerprint density at radius 3 is 2.86 bits per heavy atom. The lowest BCUT2D eigenvalue weighted by Crippen LogP contribution is -2.13. The van der Waals surface area contributed by atoms with Crippen LogP contribution in [-0.4, -0.2) is 22.9 Å². The van der Waals surface area contributed by atoms with E-state index in [1.54, 1.807) is 24.3 Å². The number of phenols is 1. The van der Waals surface area contributed by atoms with Gasteiger partial charge in [0.15, 0.2) is 5.71 Å². The molecule has 2 aromatic carbocycles. The zero-order valence-electron chi connectivity index (χ0n) is 11.0. The summed E-state index contributed by atoms with van der Waals surface area (Å²) in [4.78, 5) is 11.9. The van der Waals surface area contributed by atoms with E-state index in [0.29, 0.717) is 25.4 Å². The maximum atomic E-state index is 11.9. The van der Waals surface area contributed by atoms with Gasteiger partial charge in [0, 0.05) is 16.1 Å².